The Morgan fingerprint density at radius 1 is 1.26 bits per heavy atom. The Morgan fingerprint density at radius 3 is 2.74 bits per heavy atom. The standard InChI is InChI=1S/C15H17BrN2O/c16-10-15(7-3-4-8-15)11-18-13-6-2-1-5-12(13)17-9-14(18)19/h1-2,5-6,9H,3-4,7-8,10-11H2. The van der Waals surface area contributed by atoms with E-state index in [4.69, 9.17) is 0 Å². The van der Waals surface area contributed by atoms with Crippen LogP contribution in [0, 0.1) is 5.41 Å². The summed E-state index contributed by atoms with van der Waals surface area (Å²) in [7, 11) is 0. The van der Waals surface area contributed by atoms with Crippen LogP contribution in [0.4, 0.5) is 0 Å². The first-order valence-corrected chi connectivity index (χ1v) is 7.87. The number of hydrogen-bond acceptors (Lipinski definition) is 2. The molecule has 100 valence electrons. The van der Waals surface area contributed by atoms with Gasteiger partial charge in [0.05, 0.1) is 17.2 Å². The lowest BCUT2D eigenvalue weighted by atomic mass is 9.88. The number of aromatic nitrogens is 2. The first-order valence-electron chi connectivity index (χ1n) is 6.75. The second-order valence-electron chi connectivity index (χ2n) is 5.51. The molecule has 19 heavy (non-hydrogen) atoms. The fourth-order valence-corrected chi connectivity index (χ4v) is 3.81. The summed E-state index contributed by atoms with van der Waals surface area (Å²) in [4.78, 5) is 16.4. The lowest BCUT2D eigenvalue weighted by Crippen LogP contribution is -2.32. The number of nitrogens with zero attached hydrogens (tertiary/aromatic N) is 2. The van der Waals surface area contributed by atoms with Crippen LogP contribution in [0.25, 0.3) is 11.0 Å². The summed E-state index contributed by atoms with van der Waals surface area (Å²) in [5.41, 5.74) is 2.08. The van der Waals surface area contributed by atoms with E-state index < -0.39 is 0 Å². The molecule has 0 N–H and O–H groups in total. The summed E-state index contributed by atoms with van der Waals surface area (Å²) in [5, 5.41) is 0.961. The molecule has 0 atom stereocenters. The Morgan fingerprint density at radius 2 is 2.00 bits per heavy atom. The highest BCUT2D eigenvalue weighted by molar-refractivity contribution is 9.09. The van der Waals surface area contributed by atoms with E-state index in [1.54, 1.807) is 0 Å². The fourth-order valence-electron chi connectivity index (χ4n) is 3.07. The molecule has 2 aromatic rings. The third-order valence-corrected chi connectivity index (χ3v) is 5.38. The number of hydrogen-bond donors (Lipinski definition) is 0. The van der Waals surface area contributed by atoms with Crippen LogP contribution in [0.2, 0.25) is 0 Å². The predicted octanol–water partition coefficient (Wildman–Crippen LogP) is 3.35. The molecule has 0 spiro atoms. The molecule has 0 radical (unpaired) electrons. The Bertz CT molecular complexity index is 644. The van der Waals surface area contributed by atoms with E-state index in [9.17, 15) is 4.79 Å². The van der Waals surface area contributed by atoms with Crippen molar-refractivity contribution in [3.05, 3.63) is 40.8 Å². The average molecular weight is 321 g/mol. The van der Waals surface area contributed by atoms with Crippen molar-refractivity contribution in [2.45, 2.75) is 32.2 Å². The number of rotatable bonds is 3. The molecule has 0 bridgehead atoms. The molecule has 0 amide bonds. The molecule has 1 aromatic heterocycles. The van der Waals surface area contributed by atoms with Crippen LogP contribution in [0.5, 0.6) is 0 Å². The number of benzene rings is 1. The predicted molar refractivity (Wildman–Crippen MR) is 80.7 cm³/mol. The minimum Gasteiger partial charge on any atom is -0.305 e. The highest BCUT2D eigenvalue weighted by atomic mass is 79.9. The lowest BCUT2D eigenvalue weighted by Gasteiger charge is -2.28. The van der Waals surface area contributed by atoms with Crippen molar-refractivity contribution >= 4 is 27.0 Å². The molecular formula is C15H17BrN2O. The Balaban J connectivity index is 2.09. The molecule has 4 heteroatoms. The van der Waals surface area contributed by atoms with Gasteiger partial charge in [0.15, 0.2) is 0 Å². The van der Waals surface area contributed by atoms with E-state index in [0.29, 0.717) is 0 Å². The quantitative estimate of drug-likeness (QED) is 0.813. The molecule has 1 saturated carbocycles. The van der Waals surface area contributed by atoms with Crippen LogP contribution in [0.3, 0.4) is 0 Å². The highest BCUT2D eigenvalue weighted by Crippen LogP contribution is 2.41. The van der Waals surface area contributed by atoms with Crippen molar-refractivity contribution in [3.8, 4) is 0 Å². The van der Waals surface area contributed by atoms with Crippen molar-refractivity contribution in [1.29, 1.82) is 0 Å². The SMILES string of the molecule is O=c1cnc2ccccc2n1CC1(CBr)CCCC1. The Hall–Kier alpha value is -1.16. The van der Waals surface area contributed by atoms with Crippen molar-refractivity contribution in [1.82, 2.24) is 9.55 Å². The molecule has 1 fully saturated rings. The van der Waals surface area contributed by atoms with Gasteiger partial charge in [0, 0.05) is 11.9 Å². The van der Waals surface area contributed by atoms with Crippen LogP contribution in [0.1, 0.15) is 25.7 Å². The zero-order chi connectivity index (χ0) is 13.3. The second-order valence-corrected chi connectivity index (χ2v) is 6.07. The normalized spacial score (nSPS) is 17.9. The number of alkyl halides is 1. The maximum absolute atomic E-state index is 12.2. The molecule has 0 aliphatic heterocycles. The largest absolute Gasteiger partial charge is 0.305 e. The van der Waals surface area contributed by atoms with E-state index in [1.807, 2.05) is 28.8 Å². The van der Waals surface area contributed by atoms with Gasteiger partial charge in [0.25, 0.3) is 5.56 Å². The van der Waals surface area contributed by atoms with Gasteiger partial charge >= 0.3 is 0 Å². The summed E-state index contributed by atoms with van der Waals surface area (Å²) < 4.78 is 1.90. The Labute approximate surface area is 120 Å². The van der Waals surface area contributed by atoms with E-state index in [0.717, 1.165) is 22.9 Å². The summed E-state index contributed by atoms with van der Waals surface area (Å²) >= 11 is 3.65. The molecule has 1 heterocycles. The average Bonchev–Trinajstić information content (AvgIpc) is 2.91. The minimum absolute atomic E-state index is 0.00549. The van der Waals surface area contributed by atoms with Gasteiger partial charge in [-0.1, -0.05) is 40.9 Å². The van der Waals surface area contributed by atoms with Gasteiger partial charge in [-0.25, -0.2) is 4.98 Å². The monoisotopic (exact) mass is 320 g/mol. The summed E-state index contributed by atoms with van der Waals surface area (Å²) in [6.07, 6.45) is 6.37. The van der Waals surface area contributed by atoms with Gasteiger partial charge in [-0.05, 0) is 30.4 Å². The summed E-state index contributed by atoms with van der Waals surface area (Å²) in [6, 6.07) is 7.87. The maximum Gasteiger partial charge on any atom is 0.269 e. The van der Waals surface area contributed by atoms with E-state index in [1.165, 1.54) is 31.9 Å². The molecule has 1 aromatic carbocycles. The zero-order valence-electron chi connectivity index (χ0n) is 10.8. The highest BCUT2D eigenvalue weighted by Gasteiger charge is 2.33. The van der Waals surface area contributed by atoms with Gasteiger partial charge < -0.3 is 4.57 Å². The molecule has 1 aliphatic carbocycles. The number of fused-ring (bicyclic) bond motifs is 1. The minimum atomic E-state index is 0.00549. The molecule has 3 nitrogen and oxygen atoms in total. The van der Waals surface area contributed by atoms with Crippen LogP contribution < -0.4 is 5.56 Å². The number of halogens is 1. The zero-order valence-corrected chi connectivity index (χ0v) is 12.4. The van der Waals surface area contributed by atoms with E-state index >= 15 is 0 Å². The molecule has 1 aliphatic rings. The summed E-state index contributed by atoms with van der Waals surface area (Å²) in [5.74, 6) is 0. The third-order valence-electron chi connectivity index (χ3n) is 4.19. The van der Waals surface area contributed by atoms with Crippen molar-refractivity contribution < 1.29 is 0 Å². The topological polar surface area (TPSA) is 34.9 Å². The van der Waals surface area contributed by atoms with Crippen LogP contribution in [0.15, 0.2) is 35.3 Å². The van der Waals surface area contributed by atoms with Gasteiger partial charge in [-0.3, -0.25) is 4.79 Å². The van der Waals surface area contributed by atoms with E-state index in [2.05, 4.69) is 20.9 Å². The van der Waals surface area contributed by atoms with Crippen molar-refractivity contribution in [2.75, 3.05) is 5.33 Å². The first-order chi connectivity index (χ1) is 9.24. The van der Waals surface area contributed by atoms with E-state index in [-0.39, 0.29) is 11.0 Å². The van der Waals surface area contributed by atoms with Gasteiger partial charge in [-0.2, -0.15) is 0 Å². The first kappa shape index (κ1) is 12.9. The molecule has 3 rings (SSSR count). The van der Waals surface area contributed by atoms with Gasteiger partial charge in [0.2, 0.25) is 0 Å². The molecular weight excluding hydrogens is 304 g/mol. The number of para-hydroxylation sites is 2. The van der Waals surface area contributed by atoms with Crippen molar-refractivity contribution in [3.63, 3.8) is 0 Å². The summed E-state index contributed by atoms with van der Waals surface area (Å²) in [6.45, 7) is 0.792. The Kier molecular flexibility index (Phi) is 3.44. The second kappa shape index (κ2) is 5.08. The smallest absolute Gasteiger partial charge is 0.269 e. The molecule has 0 unspecified atom stereocenters. The maximum atomic E-state index is 12.2. The van der Waals surface area contributed by atoms with Crippen LogP contribution >= 0.6 is 15.9 Å². The third kappa shape index (κ3) is 2.34. The van der Waals surface area contributed by atoms with Gasteiger partial charge in [0.1, 0.15) is 0 Å². The fraction of sp³-hybridized carbons (Fsp3) is 0.467. The van der Waals surface area contributed by atoms with Gasteiger partial charge in [-0.15, -0.1) is 0 Å². The van der Waals surface area contributed by atoms with Crippen molar-refractivity contribution in [2.24, 2.45) is 5.41 Å². The molecule has 0 saturated heterocycles. The van der Waals surface area contributed by atoms with Crippen LogP contribution in [-0.4, -0.2) is 14.9 Å². The lowest BCUT2D eigenvalue weighted by molar-refractivity contribution is 0.292. The van der Waals surface area contributed by atoms with Crippen LogP contribution in [-0.2, 0) is 6.54 Å².